The summed E-state index contributed by atoms with van der Waals surface area (Å²) in [6.07, 6.45) is 6.42. The predicted octanol–water partition coefficient (Wildman–Crippen LogP) is 1.86. The largest absolute Gasteiger partial charge is 0.395 e. The minimum Gasteiger partial charge on any atom is -0.395 e. The molecule has 1 fully saturated rings. The molecule has 3 nitrogen and oxygen atoms in total. The second kappa shape index (κ2) is 7.34. The molecule has 3 heteroatoms. The topological polar surface area (TPSA) is 35.5 Å². The van der Waals surface area contributed by atoms with Crippen LogP contribution in [0.2, 0.25) is 0 Å². The van der Waals surface area contributed by atoms with Gasteiger partial charge in [0, 0.05) is 25.7 Å². The molecule has 0 unspecified atom stereocenters. The smallest absolute Gasteiger partial charge is 0.0558 e. The maximum Gasteiger partial charge on any atom is 0.0558 e. The molecule has 0 aliphatic heterocycles. The average Bonchev–Trinajstić information content (AvgIpc) is 2.26. The first kappa shape index (κ1) is 14.9. The molecule has 17 heavy (non-hydrogen) atoms. The van der Waals surface area contributed by atoms with E-state index in [2.05, 4.69) is 24.1 Å². The van der Waals surface area contributed by atoms with Crippen molar-refractivity contribution in [1.29, 1.82) is 0 Å². The molecule has 0 saturated heterocycles. The second-order valence-corrected chi connectivity index (χ2v) is 5.52. The lowest BCUT2D eigenvalue weighted by Gasteiger charge is -2.44. The van der Waals surface area contributed by atoms with Crippen molar-refractivity contribution in [3.05, 3.63) is 0 Å². The zero-order valence-corrected chi connectivity index (χ0v) is 11.8. The Morgan fingerprint density at radius 3 is 2.29 bits per heavy atom. The number of rotatable bonds is 9. The summed E-state index contributed by atoms with van der Waals surface area (Å²) in [5.74, 6) is 0. The van der Waals surface area contributed by atoms with Crippen LogP contribution in [0.1, 0.15) is 46.0 Å². The van der Waals surface area contributed by atoms with Crippen LogP contribution in [-0.2, 0) is 0 Å². The monoisotopic (exact) mass is 242 g/mol. The Balaban J connectivity index is 2.59. The Morgan fingerprint density at radius 2 is 1.94 bits per heavy atom. The quantitative estimate of drug-likeness (QED) is 0.648. The van der Waals surface area contributed by atoms with Gasteiger partial charge in [0.2, 0.25) is 0 Å². The molecule has 0 atom stereocenters. The van der Waals surface area contributed by atoms with Gasteiger partial charge in [-0.25, -0.2) is 0 Å². The maximum absolute atomic E-state index is 9.22. The summed E-state index contributed by atoms with van der Waals surface area (Å²) in [6.45, 7) is 7.92. The number of aliphatic hydroxyl groups is 1. The van der Waals surface area contributed by atoms with E-state index in [1.165, 1.54) is 32.1 Å². The number of aliphatic hydroxyl groups excluding tert-OH is 1. The molecule has 0 amide bonds. The molecule has 0 bridgehead atoms. The highest BCUT2D eigenvalue weighted by atomic mass is 16.3. The van der Waals surface area contributed by atoms with E-state index in [1.807, 2.05) is 7.05 Å². The first-order valence-electron chi connectivity index (χ1n) is 7.21. The third-order valence-electron chi connectivity index (χ3n) is 4.57. The van der Waals surface area contributed by atoms with Crippen LogP contribution in [-0.4, -0.2) is 49.3 Å². The van der Waals surface area contributed by atoms with E-state index in [-0.39, 0.29) is 0 Å². The molecule has 0 radical (unpaired) electrons. The summed E-state index contributed by atoms with van der Waals surface area (Å²) in [4.78, 5) is 2.52. The summed E-state index contributed by atoms with van der Waals surface area (Å²) in [7, 11) is 2.04. The van der Waals surface area contributed by atoms with Crippen molar-refractivity contribution in [2.45, 2.75) is 52.0 Å². The minimum absolute atomic E-state index is 0.291. The van der Waals surface area contributed by atoms with E-state index >= 15 is 0 Å². The van der Waals surface area contributed by atoms with Crippen molar-refractivity contribution in [1.82, 2.24) is 10.2 Å². The van der Waals surface area contributed by atoms with Crippen LogP contribution in [0.4, 0.5) is 0 Å². The summed E-state index contributed by atoms with van der Waals surface area (Å²) in [5.41, 5.74) is 0.375. The van der Waals surface area contributed by atoms with Crippen molar-refractivity contribution in [2.24, 2.45) is 5.41 Å². The summed E-state index contributed by atoms with van der Waals surface area (Å²) >= 11 is 0. The Kier molecular flexibility index (Phi) is 6.45. The molecule has 1 rings (SSSR count). The number of hydrogen-bond donors (Lipinski definition) is 2. The zero-order chi connectivity index (χ0) is 12.7. The SMILES string of the molecule is CCC(CC)(CNC)CN(CCO)C1CCC1. The van der Waals surface area contributed by atoms with E-state index in [1.54, 1.807) is 0 Å². The van der Waals surface area contributed by atoms with E-state index in [0.717, 1.165) is 25.7 Å². The molecule has 2 N–H and O–H groups in total. The minimum atomic E-state index is 0.291. The second-order valence-electron chi connectivity index (χ2n) is 5.52. The molecular formula is C14H30N2O. The van der Waals surface area contributed by atoms with Crippen LogP contribution >= 0.6 is 0 Å². The van der Waals surface area contributed by atoms with E-state index in [9.17, 15) is 5.11 Å². The number of hydrogen-bond acceptors (Lipinski definition) is 3. The molecule has 0 aromatic heterocycles. The summed E-state index contributed by atoms with van der Waals surface area (Å²) in [5, 5.41) is 12.6. The lowest BCUT2D eigenvalue weighted by molar-refractivity contribution is 0.0488. The van der Waals surface area contributed by atoms with Gasteiger partial charge in [0.05, 0.1) is 6.61 Å². The Morgan fingerprint density at radius 1 is 1.29 bits per heavy atom. The van der Waals surface area contributed by atoms with E-state index in [4.69, 9.17) is 0 Å². The van der Waals surface area contributed by atoms with Gasteiger partial charge in [-0.05, 0) is 38.1 Å². The number of nitrogens with zero attached hydrogens (tertiary/aromatic N) is 1. The highest BCUT2D eigenvalue weighted by Gasteiger charge is 2.32. The first-order chi connectivity index (χ1) is 8.21. The van der Waals surface area contributed by atoms with Gasteiger partial charge in [-0.15, -0.1) is 0 Å². The maximum atomic E-state index is 9.22. The summed E-state index contributed by atoms with van der Waals surface area (Å²) < 4.78 is 0. The van der Waals surface area contributed by atoms with E-state index < -0.39 is 0 Å². The zero-order valence-electron chi connectivity index (χ0n) is 11.8. The lowest BCUT2D eigenvalue weighted by Crippen LogP contribution is -2.50. The average molecular weight is 242 g/mol. The molecule has 1 aliphatic rings. The lowest BCUT2D eigenvalue weighted by atomic mass is 9.80. The number of nitrogens with one attached hydrogen (secondary N) is 1. The fraction of sp³-hybridized carbons (Fsp3) is 1.00. The molecule has 1 aliphatic carbocycles. The fourth-order valence-corrected chi connectivity index (χ4v) is 2.86. The highest BCUT2D eigenvalue weighted by molar-refractivity contribution is 4.87. The first-order valence-corrected chi connectivity index (χ1v) is 7.21. The Bertz CT molecular complexity index is 200. The van der Waals surface area contributed by atoms with E-state index in [0.29, 0.717) is 12.0 Å². The molecule has 0 aromatic rings. The van der Waals surface area contributed by atoms with Crippen LogP contribution in [0.15, 0.2) is 0 Å². The van der Waals surface area contributed by atoms with Crippen LogP contribution in [0.3, 0.4) is 0 Å². The van der Waals surface area contributed by atoms with Gasteiger partial charge in [-0.1, -0.05) is 20.3 Å². The molecular weight excluding hydrogens is 212 g/mol. The van der Waals surface area contributed by atoms with Crippen LogP contribution in [0.25, 0.3) is 0 Å². The fourth-order valence-electron chi connectivity index (χ4n) is 2.86. The Hall–Kier alpha value is -0.120. The van der Waals surface area contributed by atoms with Gasteiger partial charge >= 0.3 is 0 Å². The molecule has 0 spiro atoms. The Labute approximate surface area is 107 Å². The van der Waals surface area contributed by atoms with Crippen LogP contribution < -0.4 is 5.32 Å². The van der Waals surface area contributed by atoms with Gasteiger partial charge in [0.25, 0.3) is 0 Å². The van der Waals surface area contributed by atoms with Gasteiger partial charge in [-0.2, -0.15) is 0 Å². The van der Waals surface area contributed by atoms with Crippen LogP contribution in [0, 0.1) is 5.41 Å². The summed E-state index contributed by atoms with van der Waals surface area (Å²) in [6, 6.07) is 0.733. The highest BCUT2D eigenvalue weighted by Crippen LogP contribution is 2.31. The van der Waals surface area contributed by atoms with Crippen molar-refractivity contribution in [3.8, 4) is 0 Å². The van der Waals surface area contributed by atoms with Gasteiger partial charge in [-0.3, -0.25) is 4.90 Å². The van der Waals surface area contributed by atoms with Gasteiger partial charge in [0.15, 0.2) is 0 Å². The normalized spacial score (nSPS) is 17.5. The van der Waals surface area contributed by atoms with Crippen molar-refractivity contribution in [2.75, 3.05) is 33.3 Å². The van der Waals surface area contributed by atoms with Crippen molar-refractivity contribution >= 4 is 0 Å². The molecule has 0 aromatic carbocycles. The third-order valence-corrected chi connectivity index (χ3v) is 4.57. The van der Waals surface area contributed by atoms with Crippen molar-refractivity contribution in [3.63, 3.8) is 0 Å². The van der Waals surface area contributed by atoms with Gasteiger partial charge < -0.3 is 10.4 Å². The van der Waals surface area contributed by atoms with Crippen LogP contribution in [0.5, 0.6) is 0 Å². The standard InChI is InChI=1S/C14H30N2O/c1-4-14(5-2,11-15-3)12-16(9-10-17)13-7-6-8-13/h13,15,17H,4-12H2,1-3H3. The molecule has 0 heterocycles. The molecule has 1 saturated carbocycles. The van der Waals surface area contributed by atoms with Crippen molar-refractivity contribution < 1.29 is 5.11 Å². The van der Waals surface area contributed by atoms with Gasteiger partial charge in [0.1, 0.15) is 0 Å². The molecule has 102 valence electrons. The predicted molar refractivity (Wildman–Crippen MR) is 73.2 cm³/mol. The third kappa shape index (κ3) is 3.94.